The molecule has 0 aliphatic heterocycles. The van der Waals surface area contributed by atoms with Crippen LogP contribution in [-0.2, 0) is 0 Å². The Balaban J connectivity index is 2.10. The molecule has 2 rings (SSSR count). The third-order valence-corrected chi connectivity index (χ3v) is 4.21. The fraction of sp³-hybridized carbons (Fsp3) is 0.533. The monoisotopic (exact) mass is 264 g/mol. The molecule has 1 aromatic carbocycles. The number of hydrogen-bond donors (Lipinski definition) is 2. The standard InChI is InChI=1S/C15H21FN2O/c1-9-3-5-12(7-10(9)2)18-14-8-11(15(17)19)4-6-13(14)16/h4,6,8-10,12,18H,3,5,7H2,1-2H3,(H2,17,19). The summed E-state index contributed by atoms with van der Waals surface area (Å²) in [5.74, 6) is 0.485. The number of anilines is 1. The van der Waals surface area contributed by atoms with Crippen molar-refractivity contribution >= 4 is 11.6 Å². The van der Waals surface area contributed by atoms with E-state index in [9.17, 15) is 9.18 Å². The van der Waals surface area contributed by atoms with Gasteiger partial charge in [0.1, 0.15) is 5.82 Å². The lowest BCUT2D eigenvalue weighted by atomic mass is 9.79. The number of carbonyl (C=O) groups is 1. The Hall–Kier alpha value is -1.58. The van der Waals surface area contributed by atoms with E-state index in [4.69, 9.17) is 5.73 Å². The third-order valence-electron chi connectivity index (χ3n) is 4.21. The van der Waals surface area contributed by atoms with Crippen LogP contribution in [0.2, 0.25) is 0 Å². The molecule has 3 atom stereocenters. The zero-order valence-electron chi connectivity index (χ0n) is 11.4. The molecule has 3 unspecified atom stereocenters. The molecule has 1 amide bonds. The van der Waals surface area contributed by atoms with E-state index >= 15 is 0 Å². The molecule has 1 aliphatic carbocycles. The first-order valence-electron chi connectivity index (χ1n) is 6.83. The summed E-state index contributed by atoms with van der Waals surface area (Å²) in [5, 5.41) is 3.21. The molecule has 0 spiro atoms. The van der Waals surface area contributed by atoms with Gasteiger partial charge in [-0.15, -0.1) is 0 Å². The molecule has 3 N–H and O–H groups in total. The highest BCUT2D eigenvalue weighted by Crippen LogP contribution is 2.31. The van der Waals surface area contributed by atoms with Gasteiger partial charge in [-0.3, -0.25) is 4.79 Å². The average Bonchev–Trinajstić information content (AvgIpc) is 2.36. The number of rotatable bonds is 3. The Labute approximate surface area is 113 Å². The van der Waals surface area contributed by atoms with Gasteiger partial charge in [0.2, 0.25) is 5.91 Å². The van der Waals surface area contributed by atoms with E-state index in [1.807, 2.05) is 0 Å². The van der Waals surface area contributed by atoms with Crippen LogP contribution >= 0.6 is 0 Å². The SMILES string of the molecule is CC1CCC(Nc2cc(C(N)=O)ccc2F)CC1C. The number of benzene rings is 1. The van der Waals surface area contributed by atoms with Crippen molar-refractivity contribution in [1.82, 2.24) is 0 Å². The molecule has 3 nitrogen and oxygen atoms in total. The summed E-state index contributed by atoms with van der Waals surface area (Å²) < 4.78 is 13.7. The van der Waals surface area contributed by atoms with Crippen LogP contribution in [0.5, 0.6) is 0 Å². The van der Waals surface area contributed by atoms with Gasteiger partial charge < -0.3 is 11.1 Å². The summed E-state index contributed by atoms with van der Waals surface area (Å²) >= 11 is 0. The predicted molar refractivity (Wildman–Crippen MR) is 74.5 cm³/mol. The zero-order valence-corrected chi connectivity index (χ0v) is 11.4. The summed E-state index contributed by atoms with van der Waals surface area (Å²) in [6.07, 6.45) is 3.21. The van der Waals surface area contributed by atoms with Crippen LogP contribution in [0, 0.1) is 17.7 Å². The van der Waals surface area contributed by atoms with Crippen molar-refractivity contribution in [2.24, 2.45) is 17.6 Å². The fourth-order valence-corrected chi connectivity index (χ4v) is 2.69. The van der Waals surface area contributed by atoms with Gasteiger partial charge in [0.25, 0.3) is 0 Å². The van der Waals surface area contributed by atoms with Gasteiger partial charge in [0.15, 0.2) is 0 Å². The van der Waals surface area contributed by atoms with Crippen molar-refractivity contribution < 1.29 is 9.18 Å². The minimum absolute atomic E-state index is 0.267. The van der Waals surface area contributed by atoms with Crippen LogP contribution in [0.25, 0.3) is 0 Å². The van der Waals surface area contributed by atoms with Crippen LogP contribution < -0.4 is 11.1 Å². The Kier molecular flexibility index (Phi) is 4.08. The van der Waals surface area contributed by atoms with Crippen molar-refractivity contribution in [3.05, 3.63) is 29.6 Å². The molecule has 0 bridgehead atoms. The van der Waals surface area contributed by atoms with Crippen LogP contribution in [-0.4, -0.2) is 11.9 Å². The normalized spacial score (nSPS) is 27.0. The highest BCUT2D eigenvalue weighted by molar-refractivity contribution is 5.93. The molecule has 4 heteroatoms. The molecule has 1 aromatic rings. The molecular weight excluding hydrogens is 243 g/mol. The van der Waals surface area contributed by atoms with E-state index in [-0.39, 0.29) is 11.9 Å². The van der Waals surface area contributed by atoms with E-state index in [0.717, 1.165) is 25.2 Å². The van der Waals surface area contributed by atoms with E-state index in [2.05, 4.69) is 19.2 Å². The van der Waals surface area contributed by atoms with Crippen molar-refractivity contribution in [3.8, 4) is 0 Å². The molecule has 0 heterocycles. The number of nitrogens with one attached hydrogen (secondary N) is 1. The van der Waals surface area contributed by atoms with E-state index in [1.165, 1.54) is 18.2 Å². The first kappa shape index (κ1) is 13.8. The molecule has 1 fully saturated rings. The van der Waals surface area contributed by atoms with E-state index in [1.54, 1.807) is 0 Å². The van der Waals surface area contributed by atoms with Crippen molar-refractivity contribution in [1.29, 1.82) is 0 Å². The Morgan fingerprint density at radius 1 is 1.32 bits per heavy atom. The first-order valence-corrected chi connectivity index (χ1v) is 6.83. The predicted octanol–water partition coefficient (Wildman–Crippen LogP) is 3.16. The number of primary amides is 1. The minimum atomic E-state index is -0.534. The minimum Gasteiger partial charge on any atom is -0.380 e. The molecule has 104 valence electrons. The van der Waals surface area contributed by atoms with Gasteiger partial charge in [-0.05, 0) is 49.3 Å². The van der Waals surface area contributed by atoms with Gasteiger partial charge in [0.05, 0.1) is 5.69 Å². The van der Waals surface area contributed by atoms with Crippen LogP contribution in [0.1, 0.15) is 43.5 Å². The zero-order chi connectivity index (χ0) is 14.0. The molecular formula is C15H21FN2O. The second-order valence-electron chi connectivity index (χ2n) is 5.67. The highest BCUT2D eigenvalue weighted by atomic mass is 19.1. The van der Waals surface area contributed by atoms with Gasteiger partial charge in [-0.1, -0.05) is 13.8 Å². The van der Waals surface area contributed by atoms with Gasteiger partial charge in [-0.25, -0.2) is 4.39 Å². The first-order chi connectivity index (χ1) is 8.97. The second-order valence-corrected chi connectivity index (χ2v) is 5.67. The lowest BCUT2D eigenvalue weighted by Crippen LogP contribution is -2.30. The summed E-state index contributed by atoms with van der Waals surface area (Å²) in [5.41, 5.74) is 5.93. The molecule has 19 heavy (non-hydrogen) atoms. The summed E-state index contributed by atoms with van der Waals surface area (Å²) in [6.45, 7) is 4.49. The van der Waals surface area contributed by atoms with Gasteiger partial charge in [0, 0.05) is 11.6 Å². The Morgan fingerprint density at radius 2 is 2.05 bits per heavy atom. The maximum atomic E-state index is 13.7. The van der Waals surface area contributed by atoms with E-state index in [0.29, 0.717) is 17.2 Å². The number of amides is 1. The van der Waals surface area contributed by atoms with Crippen LogP contribution in [0.4, 0.5) is 10.1 Å². The smallest absolute Gasteiger partial charge is 0.248 e. The maximum absolute atomic E-state index is 13.7. The summed E-state index contributed by atoms with van der Waals surface area (Å²) in [7, 11) is 0. The fourth-order valence-electron chi connectivity index (χ4n) is 2.69. The van der Waals surface area contributed by atoms with Crippen LogP contribution in [0.15, 0.2) is 18.2 Å². The van der Waals surface area contributed by atoms with Crippen molar-refractivity contribution in [3.63, 3.8) is 0 Å². The van der Waals surface area contributed by atoms with Crippen molar-refractivity contribution in [2.75, 3.05) is 5.32 Å². The summed E-state index contributed by atoms with van der Waals surface area (Å²) in [4.78, 5) is 11.1. The molecule has 1 saturated carbocycles. The second kappa shape index (κ2) is 5.59. The number of nitrogens with two attached hydrogens (primary N) is 1. The maximum Gasteiger partial charge on any atom is 0.248 e. The highest BCUT2D eigenvalue weighted by Gasteiger charge is 2.25. The number of carbonyl (C=O) groups excluding carboxylic acids is 1. The van der Waals surface area contributed by atoms with Gasteiger partial charge in [-0.2, -0.15) is 0 Å². The lowest BCUT2D eigenvalue weighted by Gasteiger charge is -2.33. The largest absolute Gasteiger partial charge is 0.380 e. The quantitative estimate of drug-likeness (QED) is 0.881. The Morgan fingerprint density at radius 3 is 2.68 bits per heavy atom. The topological polar surface area (TPSA) is 55.1 Å². The van der Waals surface area contributed by atoms with Gasteiger partial charge >= 0.3 is 0 Å². The molecule has 0 radical (unpaired) electrons. The van der Waals surface area contributed by atoms with E-state index < -0.39 is 5.91 Å². The average molecular weight is 264 g/mol. The Bertz CT molecular complexity index is 475. The van der Waals surface area contributed by atoms with Crippen molar-refractivity contribution in [2.45, 2.75) is 39.2 Å². The molecule has 1 aliphatic rings. The number of hydrogen-bond acceptors (Lipinski definition) is 2. The van der Waals surface area contributed by atoms with Crippen LogP contribution in [0.3, 0.4) is 0 Å². The lowest BCUT2D eigenvalue weighted by molar-refractivity contribution is 0.100. The summed E-state index contributed by atoms with van der Waals surface area (Å²) in [6, 6.07) is 4.47. The number of halogens is 1. The molecule has 0 aromatic heterocycles. The molecule has 0 saturated heterocycles. The third kappa shape index (κ3) is 3.25.